The molecule has 0 heterocycles. The second-order valence-corrected chi connectivity index (χ2v) is 5.08. The zero-order chi connectivity index (χ0) is 13.2. The average molecular weight is 330 g/mol. The van der Waals surface area contributed by atoms with Crippen molar-refractivity contribution in [3.05, 3.63) is 34.9 Å². The number of ketones is 1. The predicted octanol–water partition coefficient (Wildman–Crippen LogP) is 4.41. The molecule has 0 radical (unpaired) electrons. The number of Topliss-reactive ketones (excluding diaryl/α,β-unsaturated/α-hetero) is 1. The molecule has 1 atom stereocenters. The van der Waals surface area contributed by atoms with Gasteiger partial charge in [0.25, 0.3) is 0 Å². The van der Waals surface area contributed by atoms with Crippen LogP contribution in [0.15, 0.2) is 18.2 Å². The van der Waals surface area contributed by atoms with Gasteiger partial charge in [0.05, 0.1) is 10.4 Å². The fraction of sp³-hybridized carbons (Fsp3) is 0.364. The first-order valence-corrected chi connectivity index (χ1v) is 6.17. The van der Waals surface area contributed by atoms with Gasteiger partial charge < -0.3 is 0 Å². The third-order valence-electron chi connectivity index (χ3n) is 2.24. The van der Waals surface area contributed by atoms with E-state index in [0.29, 0.717) is 0 Å². The van der Waals surface area contributed by atoms with Crippen molar-refractivity contribution in [2.24, 2.45) is 0 Å². The van der Waals surface area contributed by atoms with Crippen molar-refractivity contribution in [1.29, 1.82) is 0 Å². The second kappa shape index (κ2) is 5.40. The zero-order valence-electron chi connectivity index (χ0n) is 8.81. The van der Waals surface area contributed by atoms with Crippen LogP contribution in [-0.4, -0.2) is 10.6 Å². The van der Waals surface area contributed by atoms with E-state index in [0.717, 1.165) is 6.07 Å². The summed E-state index contributed by atoms with van der Waals surface area (Å²) in [5, 5.41) is 0. The molecule has 1 aromatic rings. The molecular formula is C11H9BrClF3O. The second-order valence-electron chi connectivity index (χ2n) is 3.44. The molecule has 0 saturated heterocycles. The summed E-state index contributed by atoms with van der Waals surface area (Å²) < 4.78 is 38.1. The van der Waals surface area contributed by atoms with Gasteiger partial charge in [-0.1, -0.05) is 28.1 Å². The van der Waals surface area contributed by atoms with Crippen LogP contribution >= 0.6 is 27.5 Å². The Kier molecular flexibility index (Phi) is 4.61. The highest BCUT2D eigenvalue weighted by Crippen LogP contribution is 2.34. The number of benzene rings is 1. The van der Waals surface area contributed by atoms with Crippen LogP contribution in [0.5, 0.6) is 0 Å². The summed E-state index contributed by atoms with van der Waals surface area (Å²) in [5.41, 5.74) is -1.01. The molecule has 0 amide bonds. The number of rotatable bonds is 3. The molecule has 17 heavy (non-hydrogen) atoms. The van der Waals surface area contributed by atoms with E-state index in [-0.39, 0.29) is 17.0 Å². The summed E-state index contributed by atoms with van der Waals surface area (Å²) in [6.07, 6.45) is -4.50. The number of carbonyl (C=O) groups excluding carboxylic acids is 1. The summed E-state index contributed by atoms with van der Waals surface area (Å²) in [4.78, 5) is 11.2. The van der Waals surface area contributed by atoms with Gasteiger partial charge in [0.2, 0.25) is 0 Å². The van der Waals surface area contributed by atoms with E-state index in [1.54, 1.807) is 6.92 Å². The first kappa shape index (κ1) is 14.5. The van der Waals surface area contributed by atoms with Gasteiger partial charge in [-0.2, -0.15) is 13.2 Å². The molecule has 0 fully saturated rings. The maximum absolute atomic E-state index is 12.7. The Hall–Kier alpha value is -0.550. The molecule has 94 valence electrons. The zero-order valence-corrected chi connectivity index (χ0v) is 11.2. The topological polar surface area (TPSA) is 17.1 Å². The fourth-order valence-corrected chi connectivity index (χ4v) is 1.98. The summed E-state index contributed by atoms with van der Waals surface area (Å²) in [6.45, 7) is 1.56. The van der Waals surface area contributed by atoms with E-state index < -0.39 is 22.4 Å². The van der Waals surface area contributed by atoms with Crippen LogP contribution in [0.1, 0.15) is 28.4 Å². The van der Waals surface area contributed by atoms with Crippen LogP contribution in [0.3, 0.4) is 0 Å². The van der Waals surface area contributed by atoms with Crippen molar-refractivity contribution < 1.29 is 18.0 Å². The molecule has 1 aromatic carbocycles. The van der Waals surface area contributed by atoms with E-state index in [2.05, 4.69) is 15.9 Å². The van der Waals surface area contributed by atoms with Crippen LogP contribution in [0.2, 0.25) is 0 Å². The van der Waals surface area contributed by atoms with Gasteiger partial charge >= 0.3 is 6.18 Å². The van der Waals surface area contributed by atoms with Crippen molar-refractivity contribution in [3.63, 3.8) is 0 Å². The third-order valence-corrected chi connectivity index (χ3v) is 2.92. The lowest BCUT2D eigenvalue weighted by atomic mass is 9.98. The minimum absolute atomic E-state index is 0.0131. The van der Waals surface area contributed by atoms with Gasteiger partial charge in [-0.25, -0.2) is 0 Å². The number of alkyl halides is 5. The molecule has 1 unspecified atom stereocenters. The summed E-state index contributed by atoms with van der Waals surface area (Å²) in [5.74, 6) is -0.761. The average Bonchev–Trinajstić information content (AvgIpc) is 2.25. The minimum atomic E-state index is -4.50. The molecule has 1 nitrogen and oxygen atoms in total. The fourth-order valence-electron chi connectivity index (χ4n) is 1.44. The van der Waals surface area contributed by atoms with Crippen molar-refractivity contribution in [1.82, 2.24) is 0 Å². The van der Waals surface area contributed by atoms with Crippen LogP contribution in [0.25, 0.3) is 0 Å². The quantitative estimate of drug-likeness (QED) is 0.593. The molecule has 0 bridgehead atoms. The minimum Gasteiger partial charge on any atom is -0.293 e. The Morgan fingerprint density at radius 1 is 1.47 bits per heavy atom. The van der Waals surface area contributed by atoms with E-state index in [4.69, 9.17) is 11.6 Å². The molecule has 0 saturated carbocycles. The van der Waals surface area contributed by atoms with E-state index >= 15 is 0 Å². The number of hydrogen-bond acceptors (Lipinski definition) is 1. The number of halogens is 5. The van der Waals surface area contributed by atoms with Gasteiger partial charge in [-0.3, -0.25) is 4.79 Å². The third kappa shape index (κ3) is 3.22. The highest BCUT2D eigenvalue weighted by molar-refractivity contribution is 9.10. The lowest BCUT2D eigenvalue weighted by molar-refractivity contribution is -0.138. The Morgan fingerprint density at radius 2 is 2.06 bits per heavy atom. The van der Waals surface area contributed by atoms with Crippen LogP contribution < -0.4 is 0 Å². The van der Waals surface area contributed by atoms with Gasteiger partial charge in [0, 0.05) is 11.4 Å². The monoisotopic (exact) mass is 328 g/mol. The lowest BCUT2D eigenvalue weighted by Crippen LogP contribution is -2.16. The Morgan fingerprint density at radius 3 is 2.47 bits per heavy atom. The molecule has 0 aliphatic carbocycles. The largest absolute Gasteiger partial charge is 0.416 e. The maximum Gasteiger partial charge on any atom is 0.416 e. The molecule has 0 N–H and O–H groups in total. The van der Waals surface area contributed by atoms with Gasteiger partial charge in [0.15, 0.2) is 5.78 Å². The van der Waals surface area contributed by atoms with Crippen molar-refractivity contribution in [3.8, 4) is 0 Å². The molecule has 0 aliphatic heterocycles. The first-order valence-electron chi connectivity index (χ1n) is 4.72. The number of carbonyl (C=O) groups is 1. The van der Waals surface area contributed by atoms with Crippen molar-refractivity contribution in [2.45, 2.75) is 23.8 Å². The highest BCUT2D eigenvalue weighted by Gasteiger charge is 2.34. The molecule has 1 rings (SSSR count). The predicted molar refractivity (Wildman–Crippen MR) is 63.7 cm³/mol. The summed E-state index contributed by atoms with van der Waals surface area (Å²) in [7, 11) is 0. The lowest BCUT2D eigenvalue weighted by Gasteiger charge is -2.15. The van der Waals surface area contributed by atoms with Crippen LogP contribution in [0, 0.1) is 0 Å². The first-order chi connectivity index (χ1) is 7.79. The summed E-state index contributed by atoms with van der Waals surface area (Å²) in [6, 6.07) is 3.49. The van der Waals surface area contributed by atoms with Gasteiger partial charge in [-0.05, 0) is 18.6 Å². The van der Waals surface area contributed by atoms with E-state index in [9.17, 15) is 18.0 Å². The molecule has 0 spiro atoms. The van der Waals surface area contributed by atoms with E-state index in [1.165, 1.54) is 12.1 Å². The molecular weight excluding hydrogens is 320 g/mol. The van der Waals surface area contributed by atoms with Crippen LogP contribution in [0.4, 0.5) is 13.2 Å². The van der Waals surface area contributed by atoms with E-state index in [1.807, 2.05) is 0 Å². The van der Waals surface area contributed by atoms with Crippen LogP contribution in [-0.2, 0) is 12.1 Å². The Bertz CT molecular complexity index is 429. The summed E-state index contributed by atoms with van der Waals surface area (Å²) >= 11 is 8.57. The van der Waals surface area contributed by atoms with Crippen molar-refractivity contribution in [2.75, 3.05) is 0 Å². The normalized spacial score (nSPS) is 13.5. The standard InChI is InChI=1S/C11H9BrClF3O/c1-6(12)10(17)7-3-2-4-9(8(7)5-13)11(14,15)16/h2-4,6H,5H2,1H3. The van der Waals surface area contributed by atoms with Gasteiger partial charge in [-0.15, -0.1) is 11.6 Å². The SMILES string of the molecule is CC(Br)C(=O)c1cccc(C(F)(F)F)c1CCl. The smallest absolute Gasteiger partial charge is 0.293 e. The molecule has 0 aromatic heterocycles. The van der Waals surface area contributed by atoms with Crippen molar-refractivity contribution >= 4 is 33.3 Å². The Balaban J connectivity index is 3.39. The maximum atomic E-state index is 12.7. The van der Waals surface area contributed by atoms with Gasteiger partial charge in [0.1, 0.15) is 0 Å². The molecule has 6 heteroatoms. The molecule has 0 aliphatic rings. The Labute approximate surface area is 110 Å². The highest BCUT2D eigenvalue weighted by atomic mass is 79.9. The number of hydrogen-bond donors (Lipinski definition) is 0.